The van der Waals surface area contributed by atoms with E-state index in [0.29, 0.717) is 12.6 Å². The van der Waals surface area contributed by atoms with Crippen molar-refractivity contribution in [1.29, 1.82) is 0 Å². The number of ether oxygens (including phenoxy) is 1. The highest BCUT2D eigenvalue weighted by atomic mass is 16.5. The molecule has 1 heterocycles. The first-order valence-corrected chi connectivity index (χ1v) is 7.54. The number of amides is 1. The standard InChI is InChI=1S/C16H25N3O2/c1-19(14-6-4-9-17-10-8-14)12-16(20)18-13-5-3-7-15(11-13)21-2/h3,5,7,11,14,17H,4,6,8-10,12H2,1-2H3,(H,18,20). The molecule has 1 unspecified atom stereocenters. The largest absolute Gasteiger partial charge is 0.497 e. The van der Waals surface area contributed by atoms with Crippen LogP contribution in [0.4, 0.5) is 5.69 Å². The van der Waals surface area contributed by atoms with E-state index in [4.69, 9.17) is 4.74 Å². The molecule has 1 aliphatic rings. The molecule has 21 heavy (non-hydrogen) atoms. The number of hydrogen-bond acceptors (Lipinski definition) is 4. The average Bonchev–Trinajstić information content (AvgIpc) is 2.76. The Morgan fingerprint density at radius 3 is 3.10 bits per heavy atom. The fourth-order valence-electron chi connectivity index (χ4n) is 2.70. The molecule has 5 nitrogen and oxygen atoms in total. The van der Waals surface area contributed by atoms with Crippen molar-refractivity contribution in [3.05, 3.63) is 24.3 Å². The Morgan fingerprint density at radius 2 is 2.29 bits per heavy atom. The minimum absolute atomic E-state index is 0.0166. The molecule has 0 spiro atoms. The Bertz CT molecular complexity index is 457. The van der Waals surface area contributed by atoms with Crippen LogP contribution in [0.5, 0.6) is 5.75 Å². The molecular weight excluding hydrogens is 266 g/mol. The van der Waals surface area contributed by atoms with Gasteiger partial charge in [0.05, 0.1) is 13.7 Å². The molecule has 2 N–H and O–H groups in total. The van der Waals surface area contributed by atoms with Gasteiger partial charge in [0.25, 0.3) is 0 Å². The molecule has 0 radical (unpaired) electrons. The molecule has 0 bridgehead atoms. The number of nitrogens with one attached hydrogen (secondary N) is 2. The summed E-state index contributed by atoms with van der Waals surface area (Å²) in [5.74, 6) is 0.763. The van der Waals surface area contributed by atoms with Gasteiger partial charge in [-0.25, -0.2) is 0 Å². The molecule has 1 aromatic carbocycles. The SMILES string of the molecule is COc1cccc(NC(=O)CN(C)C2CCCNCC2)c1. The molecule has 1 aliphatic heterocycles. The maximum absolute atomic E-state index is 12.1. The van der Waals surface area contributed by atoms with Crippen molar-refractivity contribution in [2.75, 3.05) is 39.1 Å². The van der Waals surface area contributed by atoms with E-state index in [9.17, 15) is 4.79 Å². The zero-order valence-electron chi connectivity index (χ0n) is 12.9. The summed E-state index contributed by atoms with van der Waals surface area (Å²) < 4.78 is 5.16. The lowest BCUT2D eigenvalue weighted by Gasteiger charge is -2.26. The zero-order valence-corrected chi connectivity index (χ0v) is 12.9. The number of rotatable bonds is 5. The van der Waals surface area contributed by atoms with Crippen molar-refractivity contribution in [2.24, 2.45) is 0 Å². The van der Waals surface area contributed by atoms with E-state index >= 15 is 0 Å². The normalized spacial score (nSPS) is 19.1. The summed E-state index contributed by atoms with van der Waals surface area (Å²) in [7, 11) is 3.65. The minimum atomic E-state index is 0.0166. The third-order valence-electron chi connectivity index (χ3n) is 3.92. The predicted octanol–water partition coefficient (Wildman–Crippen LogP) is 1.71. The summed E-state index contributed by atoms with van der Waals surface area (Å²) in [5.41, 5.74) is 0.773. The van der Waals surface area contributed by atoms with E-state index in [2.05, 4.69) is 15.5 Å². The molecule has 1 fully saturated rings. The number of carbonyl (C=O) groups is 1. The van der Waals surface area contributed by atoms with Crippen LogP contribution in [0.2, 0.25) is 0 Å². The Hall–Kier alpha value is -1.59. The van der Waals surface area contributed by atoms with Crippen molar-refractivity contribution in [3.63, 3.8) is 0 Å². The minimum Gasteiger partial charge on any atom is -0.497 e. The molecule has 1 aromatic rings. The topological polar surface area (TPSA) is 53.6 Å². The van der Waals surface area contributed by atoms with Gasteiger partial charge in [-0.3, -0.25) is 9.69 Å². The van der Waals surface area contributed by atoms with Gasteiger partial charge in [0.2, 0.25) is 5.91 Å². The number of carbonyl (C=O) groups excluding carboxylic acids is 1. The molecule has 0 saturated carbocycles. The quantitative estimate of drug-likeness (QED) is 0.867. The number of anilines is 1. The smallest absolute Gasteiger partial charge is 0.238 e. The van der Waals surface area contributed by atoms with E-state index in [1.807, 2.05) is 31.3 Å². The van der Waals surface area contributed by atoms with E-state index in [1.165, 1.54) is 6.42 Å². The third kappa shape index (κ3) is 5.02. The van der Waals surface area contributed by atoms with Gasteiger partial charge in [-0.05, 0) is 51.5 Å². The van der Waals surface area contributed by atoms with Gasteiger partial charge >= 0.3 is 0 Å². The van der Waals surface area contributed by atoms with Crippen LogP contribution in [0.3, 0.4) is 0 Å². The van der Waals surface area contributed by atoms with Crippen LogP contribution in [-0.2, 0) is 4.79 Å². The fraction of sp³-hybridized carbons (Fsp3) is 0.562. The number of methoxy groups -OCH3 is 1. The van der Waals surface area contributed by atoms with Crippen LogP contribution in [0.15, 0.2) is 24.3 Å². The Kier molecular flexibility index (Phi) is 6.02. The highest BCUT2D eigenvalue weighted by Crippen LogP contribution is 2.17. The second-order valence-corrected chi connectivity index (χ2v) is 5.53. The summed E-state index contributed by atoms with van der Waals surface area (Å²) in [5, 5.41) is 6.32. The number of likely N-dealkylation sites (N-methyl/N-ethyl adjacent to an activating group) is 1. The second kappa shape index (κ2) is 8.00. The first-order chi connectivity index (χ1) is 10.2. The van der Waals surface area contributed by atoms with Crippen LogP contribution in [0.25, 0.3) is 0 Å². The van der Waals surface area contributed by atoms with Gasteiger partial charge in [-0.15, -0.1) is 0 Å². The van der Waals surface area contributed by atoms with Crippen LogP contribution < -0.4 is 15.4 Å². The molecule has 116 valence electrons. The summed E-state index contributed by atoms with van der Waals surface area (Å²) in [4.78, 5) is 14.3. The number of benzene rings is 1. The van der Waals surface area contributed by atoms with Crippen LogP contribution in [0, 0.1) is 0 Å². The van der Waals surface area contributed by atoms with E-state index in [1.54, 1.807) is 7.11 Å². The summed E-state index contributed by atoms with van der Waals surface area (Å²) >= 11 is 0. The monoisotopic (exact) mass is 291 g/mol. The molecule has 1 amide bonds. The van der Waals surface area contributed by atoms with Crippen LogP contribution in [-0.4, -0.2) is 50.6 Å². The van der Waals surface area contributed by atoms with Crippen molar-refractivity contribution in [1.82, 2.24) is 10.2 Å². The van der Waals surface area contributed by atoms with Crippen LogP contribution >= 0.6 is 0 Å². The lowest BCUT2D eigenvalue weighted by Crippen LogP contribution is -2.38. The molecule has 0 aromatic heterocycles. The average molecular weight is 291 g/mol. The van der Waals surface area contributed by atoms with Crippen molar-refractivity contribution in [3.8, 4) is 5.75 Å². The Morgan fingerprint density at radius 1 is 1.43 bits per heavy atom. The maximum Gasteiger partial charge on any atom is 0.238 e. The highest BCUT2D eigenvalue weighted by Gasteiger charge is 2.18. The van der Waals surface area contributed by atoms with Crippen molar-refractivity contribution >= 4 is 11.6 Å². The first-order valence-electron chi connectivity index (χ1n) is 7.54. The lowest BCUT2D eigenvalue weighted by atomic mass is 10.1. The van der Waals surface area contributed by atoms with Gasteiger partial charge in [0.15, 0.2) is 0 Å². The number of nitrogens with zero attached hydrogens (tertiary/aromatic N) is 1. The van der Waals surface area contributed by atoms with E-state index < -0.39 is 0 Å². The van der Waals surface area contributed by atoms with Gasteiger partial charge in [0.1, 0.15) is 5.75 Å². The van der Waals surface area contributed by atoms with Gasteiger partial charge in [0, 0.05) is 17.8 Å². The van der Waals surface area contributed by atoms with Crippen molar-refractivity contribution in [2.45, 2.75) is 25.3 Å². The summed E-state index contributed by atoms with van der Waals surface area (Å²) in [6.45, 7) is 2.54. The first kappa shape index (κ1) is 15.8. The van der Waals surface area contributed by atoms with Crippen molar-refractivity contribution < 1.29 is 9.53 Å². The summed E-state index contributed by atoms with van der Waals surface area (Å²) in [6, 6.07) is 7.91. The molecule has 1 atom stereocenters. The lowest BCUT2D eigenvalue weighted by molar-refractivity contribution is -0.117. The second-order valence-electron chi connectivity index (χ2n) is 5.53. The molecule has 1 saturated heterocycles. The Balaban J connectivity index is 1.85. The predicted molar refractivity (Wildman–Crippen MR) is 84.8 cm³/mol. The molecule has 5 heteroatoms. The fourth-order valence-corrected chi connectivity index (χ4v) is 2.70. The Labute approximate surface area is 126 Å². The van der Waals surface area contributed by atoms with Gasteiger partial charge in [-0.2, -0.15) is 0 Å². The molecular formula is C16H25N3O2. The zero-order chi connectivity index (χ0) is 15.1. The summed E-state index contributed by atoms with van der Waals surface area (Å²) in [6.07, 6.45) is 3.42. The molecule has 2 rings (SSSR count). The maximum atomic E-state index is 12.1. The third-order valence-corrected chi connectivity index (χ3v) is 3.92. The van der Waals surface area contributed by atoms with E-state index in [0.717, 1.165) is 37.4 Å². The van der Waals surface area contributed by atoms with Crippen LogP contribution in [0.1, 0.15) is 19.3 Å². The number of hydrogen-bond donors (Lipinski definition) is 2. The van der Waals surface area contributed by atoms with Gasteiger partial charge < -0.3 is 15.4 Å². The van der Waals surface area contributed by atoms with E-state index in [-0.39, 0.29) is 5.91 Å². The highest BCUT2D eigenvalue weighted by molar-refractivity contribution is 5.92. The van der Waals surface area contributed by atoms with Gasteiger partial charge in [-0.1, -0.05) is 6.07 Å². The molecule has 0 aliphatic carbocycles.